The number of hydrogen-bond donors (Lipinski definition) is 2. The lowest BCUT2D eigenvalue weighted by atomic mass is 10.0. The van der Waals surface area contributed by atoms with E-state index in [1.807, 2.05) is 12.1 Å². The van der Waals surface area contributed by atoms with Crippen LogP contribution < -0.4 is 10.2 Å². The van der Waals surface area contributed by atoms with Gasteiger partial charge in [-0.25, -0.2) is 4.79 Å². The van der Waals surface area contributed by atoms with Gasteiger partial charge in [0, 0.05) is 24.2 Å². The molecule has 5 nitrogen and oxygen atoms in total. The highest BCUT2D eigenvalue weighted by atomic mass is 16.5. The predicted octanol–water partition coefficient (Wildman–Crippen LogP) is 2.42. The maximum absolute atomic E-state index is 11.1. The van der Waals surface area contributed by atoms with E-state index in [0.29, 0.717) is 11.7 Å². The molecule has 1 saturated carbocycles. The highest BCUT2D eigenvalue weighted by molar-refractivity contribution is 5.92. The minimum Gasteiger partial charge on any atom is -0.494 e. The lowest BCUT2D eigenvalue weighted by Gasteiger charge is -2.31. The average molecular weight is 260 g/mol. The van der Waals surface area contributed by atoms with Crippen molar-refractivity contribution in [1.82, 2.24) is 5.01 Å². The van der Waals surface area contributed by atoms with E-state index in [1.165, 1.54) is 24.6 Å². The third-order valence-electron chi connectivity index (χ3n) is 3.57. The van der Waals surface area contributed by atoms with Gasteiger partial charge in [0.2, 0.25) is 0 Å². The number of hydrazine groups is 1. The number of rotatable bonds is 3. The SMILES string of the molecule is COc1cc(C(=O)O)cc2c1NN(C)C(C1CC1)=C2. The molecule has 1 heterocycles. The number of fused-ring (bicyclic) bond motifs is 1. The van der Waals surface area contributed by atoms with Crippen molar-refractivity contribution >= 4 is 17.7 Å². The van der Waals surface area contributed by atoms with E-state index in [-0.39, 0.29) is 5.56 Å². The van der Waals surface area contributed by atoms with E-state index < -0.39 is 5.97 Å². The lowest BCUT2D eigenvalue weighted by molar-refractivity contribution is 0.0696. The average Bonchev–Trinajstić information content (AvgIpc) is 3.21. The molecule has 19 heavy (non-hydrogen) atoms. The van der Waals surface area contributed by atoms with Crippen molar-refractivity contribution in [3.05, 3.63) is 29.0 Å². The normalized spacial score (nSPS) is 17.4. The summed E-state index contributed by atoms with van der Waals surface area (Å²) < 4.78 is 5.28. The van der Waals surface area contributed by atoms with Crippen LogP contribution in [-0.4, -0.2) is 30.2 Å². The largest absolute Gasteiger partial charge is 0.494 e. The van der Waals surface area contributed by atoms with Crippen molar-refractivity contribution in [1.29, 1.82) is 0 Å². The number of carbonyl (C=O) groups is 1. The van der Waals surface area contributed by atoms with Gasteiger partial charge in [0.05, 0.1) is 12.7 Å². The number of carboxylic acids is 1. The molecule has 0 aromatic heterocycles. The Kier molecular flexibility index (Phi) is 2.62. The van der Waals surface area contributed by atoms with Gasteiger partial charge >= 0.3 is 5.97 Å². The summed E-state index contributed by atoms with van der Waals surface area (Å²) in [6, 6.07) is 3.22. The van der Waals surface area contributed by atoms with Crippen LogP contribution in [-0.2, 0) is 0 Å². The number of benzene rings is 1. The van der Waals surface area contributed by atoms with E-state index in [9.17, 15) is 4.79 Å². The number of allylic oxidation sites excluding steroid dienone is 1. The molecule has 0 amide bonds. The van der Waals surface area contributed by atoms with Crippen molar-refractivity contribution in [2.75, 3.05) is 19.6 Å². The molecule has 0 spiro atoms. The van der Waals surface area contributed by atoms with Gasteiger partial charge in [0.25, 0.3) is 0 Å². The Balaban J connectivity index is 2.12. The monoisotopic (exact) mass is 260 g/mol. The van der Waals surface area contributed by atoms with Crippen LogP contribution in [0.3, 0.4) is 0 Å². The summed E-state index contributed by atoms with van der Waals surface area (Å²) in [7, 11) is 3.51. The molecule has 100 valence electrons. The zero-order chi connectivity index (χ0) is 13.6. The molecule has 2 N–H and O–H groups in total. The molecule has 2 aliphatic rings. The second kappa shape index (κ2) is 4.19. The Bertz CT molecular complexity index is 576. The minimum atomic E-state index is -0.943. The predicted molar refractivity (Wildman–Crippen MR) is 72.0 cm³/mol. The first-order valence-corrected chi connectivity index (χ1v) is 6.27. The molecule has 0 unspecified atom stereocenters. The number of nitrogens with one attached hydrogen (secondary N) is 1. The number of hydrogen-bond acceptors (Lipinski definition) is 4. The fourth-order valence-electron chi connectivity index (χ4n) is 2.41. The third-order valence-corrected chi connectivity index (χ3v) is 3.57. The number of aromatic carboxylic acids is 1. The van der Waals surface area contributed by atoms with Crippen LogP contribution in [0.4, 0.5) is 5.69 Å². The van der Waals surface area contributed by atoms with E-state index in [4.69, 9.17) is 9.84 Å². The Hall–Kier alpha value is -2.17. The molecule has 0 bridgehead atoms. The zero-order valence-electron chi connectivity index (χ0n) is 10.9. The van der Waals surface area contributed by atoms with Crippen molar-refractivity contribution in [3.63, 3.8) is 0 Å². The van der Waals surface area contributed by atoms with Crippen LogP contribution in [0, 0.1) is 5.92 Å². The van der Waals surface area contributed by atoms with Crippen molar-refractivity contribution in [3.8, 4) is 5.75 Å². The quantitative estimate of drug-likeness (QED) is 0.874. The Labute approximate surface area is 111 Å². The van der Waals surface area contributed by atoms with Gasteiger partial charge in [-0.2, -0.15) is 0 Å². The van der Waals surface area contributed by atoms with E-state index >= 15 is 0 Å². The van der Waals surface area contributed by atoms with Crippen LogP contribution in [0.15, 0.2) is 17.8 Å². The number of ether oxygens (including phenoxy) is 1. The zero-order valence-corrected chi connectivity index (χ0v) is 10.9. The van der Waals surface area contributed by atoms with E-state index in [0.717, 1.165) is 11.3 Å². The van der Waals surface area contributed by atoms with E-state index in [2.05, 4.69) is 11.5 Å². The summed E-state index contributed by atoms with van der Waals surface area (Å²) >= 11 is 0. The summed E-state index contributed by atoms with van der Waals surface area (Å²) in [5, 5.41) is 11.1. The first-order chi connectivity index (χ1) is 9.10. The first-order valence-electron chi connectivity index (χ1n) is 6.27. The van der Waals surface area contributed by atoms with Gasteiger partial charge in [-0.3, -0.25) is 10.4 Å². The second-order valence-corrected chi connectivity index (χ2v) is 4.96. The minimum absolute atomic E-state index is 0.244. The fraction of sp³-hybridized carbons (Fsp3) is 0.357. The Morgan fingerprint density at radius 1 is 1.47 bits per heavy atom. The van der Waals surface area contributed by atoms with Crippen LogP contribution in [0.1, 0.15) is 28.8 Å². The summed E-state index contributed by atoms with van der Waals surface area (Å²) in [5.74, 6) is 0.194. The standard InChI is InChI=1S/C14H16N2O3/c1-16-11(8-3-4-8)6-9-5-10(14(17)18)7-12(19-2)13(9)15-16/h5-8,15H,3-4H2,1-2H3,(H,17,18). The van der Waals surface area contributed by atoms with Crippen molar-refractivity contribution in [2.24, 2.45) is 5.92 Å². The molecule has 0 saturated heterocycles. The number of carboxylic acid groups (broad SMARTS) is 1. The molecule has 0 radical (unpaired) electrons. The molecule has 1 aromatic rings. The molecular formula is C14H16N2O3. The maximum atomic E-state index is 11.1. The summed E-state index contributed by atoms with van der Waals surface area (Å²) in [6.07, 6.45) is 4.45. The summed E-state index contributed by atoms with van der Waals surface area (Å²) in [5.41, 5.74) is 6.40. The molecule has 5 heteroatoms. The van der Waals surface area contributed by atoms with Gasteiger partial charge in [-0.1, -0.05) is 0 Å². The molecule has 1 aromatic carbocycles. The van der Waals surface area contributed by atoms with Crippen LogP contribution in [0.25, 0.3) is 6.08 Å². The second-order valence-electron chi connectivity index (χ2n) is 4.96. The van der Waals surface area contributed by atoms with Crippen molar-refractivity contribution < 1.29 is 14.6 Å². The molecular weight excluding hydrogens is 244 g/mol. The van der Waals surface area contributed by atoms with Gasteiger partial charge in [0.1, 0.15) is 11.4 Å². The maximum Gasteiger partial charge on any atom is 0.335 e. The summed E-state index contributed by atoms with van der Waals surface area (Å²) in [6.45, 7) is 0. The van der Waals surface area contributed by atoms with Gasteiger partial charge < -0.3 is 9.84 Å². The van der Waals surface area contributed by atoms with Crippen molar-refractivity contribution in [2.45, 2.75) is 12.8 Å². The van der Waals surface area contributed by atoms with Gasteiger partial charge in [0.15, 0.2) is 0 Å². The smallest absolute Gasteiger partial charge is 0.335 e. The van der Waals surface area contributed by atoms with Crippen LogP contribution in [0.5, 0.6) is 5.75 Å². The van der Waals surface area contributed by atoms with Crippen LogP contribution >= 0.6 is 0 Å². The molecule has 1 aliphatic carbocycles. The molecule has 3 rings (SSSR count). The number of methoxy groups -OCH3 is 1. The Morgan fingerprint density at radius 2 is 2.21 bits per heavy atom. The van der Waals surface area contributed by atoms with Crippen LogP contribution in [0.2, 0.25) is 0 Å². The van der Waals surface area contributed by atoms with Gasteiger partial charge in [-0.05, 0) is 31.1 Å². The first kappa shape index (κ1) is 11.9. The Morgan fingerprint density at radius 3 is 2.79 bits per heavy atom. The fourth-order valence-corrected chi connectivity index (χ4v) is 2.41. The van der Waals surface area contributed by atoms with Gasteiger partial charge in [-0.15, -0.1) is 0 Å². The highest BCUT2D eigenvalue weighted by Crippen LogP contribution is 2.43. The third kappa shape index (κ3) is 2.01. The van der Waals surface area contributed by atoms with E-state index in [1.54, 1.807) is 13.2 Å². The lowest BCUT2D eigenvalue weighted by Crippen LogP contribution is -2.29. The molecule has 1 aliphatic heterocycles. The topological polar surface area (TPSA) is 61.8 Å². The molecule has 1 fully saturated rings. The molecule has 0 atom stereocenters. The number of nitrogens with zero attached hydrogens (tertiary/aromatic N) is 1. The summed E-state index contributed by atoms with van der Waals surface area (Å²) in [4.78, 5) is 11.1. The number of anilines is 1. The highest BCUT2D eigenvalue weighted by Gasteiger charge is 2.31.